The van der Waals surface area contributed by atoms with Crippen molar-refractivity contribution in [1.82, 2.24) is 4.57 Å². The van der Waals surface area contributed by atoms with Gasteiger partial charge in [-0.25, -0.2) is 0 Å². The van der Waals surface area contributed by atoms with Crippen LogP contribution in [0.25, 0.3) is 10.9 Å². The number of hydrogen-bond acceptors (Lipinski definition) is 1. The molecule has 3 nitrogen and oxygen atoms in total. The summed E-state index contributed by atoms with van der Waals surface area (Å²) < 4.78 is 2.97. The maximum atomic E-state index is 11.1. The van der Waals surface area contributed by atoms with E-state index in [1.807, 2.05) is 35.0 Å². The van der Waals surface area contributed by atoms with E-state index in [-0.39, 0.29) is 0 Å². The number of carboxylic acid groups (broad SMARTS) is 1. The van der Waals surface area contributed by atoms with Crippen molar-refractivity contribution in [2.24, 2.45) is 5.41 Å². The van der Waals surface area contributed by atoms with Crippen LogP contribution in [0.2, 0.25) is 0 Å². The van der Waals surface area contributed by atoms with Crippen molar-refractivity contribution in [2.75, 3.05) is 0 Å². The van der Waals surface area contributed by atoms with E-state index in [0.717, 1.165) is 15.4 Å². The molecule has 1 aromatic heterocycles. The average Bonchev–Trinajstić information content (AvgIpc) is 2.56. The number of para-hydroxylation sites is 1. The summed E-state index contributed by atoms with van der Waals surface area (Å²) in [6, 6.07) is 7.94. The van der Waals surface area contributed by atoms with Crippen LogP contribution in [0.4, 0.5) is 0 Å². The van der Waals surface area contributed by atoms with Gasteiger partial charge in [0.15, 0.2) is 0 Å². The first kappa shape index (κ1) is 12.2. The molecule has 0 fully saturated rings. The van der Waals surface area contributed by atoms with E-state index in [1.54, 1.807) is 13.8 Å². The molecule has 2 aromatic rings. The molecule has 1 N–H and O–H groups in total. The van der Waals surface area contributed by atoms with Gasteiger partial charge < -0.3 is 9.67 Å². The summed E-state index contributed by atoms with van der Waals surface area (Å²) in [5.74, 6) is -0.786. The highest BCUT2D eigenvalue weighted by molar-refractivity contribution is 9.10. The van der Waals surface area contributed by atoms with E-state index in [1.165, 1.54) is 0 Å². The average molecular weight is 296 g/mol. The van der Waals surface area contributed by atoms with Crippen molar-refractivity contribution in [1.29, 1.82) is 0 Å². The minimum Gasteiger partial charge on any atom is -0.481 e. The number of hydrogen-bond donors (Lipinski definition) is 1. The van der Waals surface area contributed by atoms with E-state index in [0.29, 0.717) is 6.54 Å². The predicted octanol–water partition coefficient (Wildman–Crippen LogP) is 3.51. The van der Waals surface area contributed by atoms with Crippen LogP contribution >= 0.6 is 15.9 Å². The number of carbonyl (C=O) groups is 1. The van der Waals surface area contributed by atoms with Gasteiger partial charge in [-0.05, 0) is 35.8 Å². The van der Waals surface area contributed by atoms with Crippen molar-refractivity contribution < 1.29 is 9.90 Å². The normalized spacial score (nSPS) is 11.9. The van der Waals surface area contributed by atoms with Crippen molar-refractivity contribution in [3.05, 3.63) is 34.9 Å². The Morgan fingerprint density at radius 3 is 2.71 bits per heavy atom. The second-order valence-electron chi connectivity index (χ2n) is 4.81. The highest BCUT2D eigenvalue weighted by atomic mass is 79.9. The molecule has 0 bridgehead atoms. The number of benzene rings is 1. The first-order valence-electron chi connectivity index (χ1n) is 5.38. The molecule has 1 heterocycles. The molecule has 0 radical (unpaired) electrons. The molecule has 0 aliphatic rings. The fourth-order valence-electron chi connectivity index (χ4n) is 1.83. The van der Waals surface area contributed by atoms with Gasteiger partial charge in [0.2, 0.25) is 0 Å². The molecule has 0 spiro atoms. The number of halogens is 1. The standard InChI is InChI=1S/C13H14BrNO2/c1-13(2,12(16)17)8-15-7-10(14)9-5-3-4-6-11(9)15/h3-7H,8H2,1-2H3,(H,16,17). The second kappa shape index (κ2) is 4.18. The second-order valence-corrected chi connectivity index (χ2v) is 5.67. The van der Waals surface area contributed by atoms with Crippen molar-refractivity contribution in [3.8, 4) is 0 Å². The van der Waals surface area contributed by atoms with E-state index in [4.69, 9.17) is 5.11 Å². The summed E-state index contributed by atoms with van der Waals surface area (Å²) in [5, 5.41) is 10.3. The largest absolute Gasteiger partial charge is 0.481 e. The molecule has 0 amide bonds. The zero-order valence-electron chi connectivity index (χ0n) is 9.77. The van der Waals surface area contributed by atoms with Gasteiger partial charge in [0.25, 0.3) is 0 Å². The van der Waals surface area contributed by atoms with E-state index >= 15 is 0 Å². The van der Waals surface area contributed by atoms with Gasteiger partial charge in [-0.15, -0.1) is 0 Å². The quantitative estimate of drug-likeness (QED) is 0.941. The van der Waals surface area contributed by atoms with Crippen molar-refractivity contribution in [2.45, 2.75) is 20.4 Å². The van der Waals surface area contributed by atoms with E-state index in [2.05, 4.69) is 15.9 Å². The molecule has 2 rings (SSSR count). The highest BCUT2D eigenvalue weighted by Gasteiger charge is 2.28. The SMILES string of the molecule is CC(C)(Cn1cc(Br)c2ccccc21)C(=O)O. The number of aliphatic carboxylic acids is 1. The third-order valence-electron chi connectivity index (χ3n) is 2.88. The maximum absolute atomic E-state index is 11.1. The fourth-order valence-corrected chi connectivity index (χ4v) is 2.41. The van der Waals surface area contributed by atoms with Crippen molar-refractivity contribution in [3.63, 3.8) is 0 Å². The molecule has 0 saturated heterocycles. The Morgan fingerprint density at radius 1 is 1.41 bits per heavy atom. The Bertz CT molecular complexity index is 572. The summed E-state index contributed by atoms with van der Waals surface area (Å²) in [6.07, 6.45) is 1.94. The van der Waals surface area contributed by atoms with Crippen LogP contribution in [0.1, 0.15) is 13.8 Å². The summed E-state index contributed by atoms with van der Waals surface area (Å²) in [4.78, 5) is 11.1. The lowest BCUT2D eigenvalue weighted by atomic mass is 9.94. The summed E-state index contributed by atoms with van der Waals surface area (Å²) >= 11 is 3.49. The van der Waals surface area contributed by atoms with Crippen LogP contribution in [0.3, 0.4) is 0 Å². The number of carboxylic acids is 1. The highest BCUT2D eigenvalue weighted by Crippen LogP contribution is 2.29. The number of fused-ring (bicyclic) bond motifs is 1. The van der Waals surface area contributed by atoms with Crippen LogP contribution in [-0.2, 0) is 11.3 Å². The van der Waals surface area contributed by atoms with E-state index in [9.17, 15) is 4.79 Å². The smallest absolute Gasteiger partial charge is 0.310 e. The molecule has 90 valence electrons. The molecule has 0 saturated carbocycles. The lowest BCUT2D eigenvalue weighted by Gasteiger charge is -2.20. The van der Waals surface area contributed by atoms with Gasteiger partial charge in [0, 0.05) is 28.1 Å². The number of aromatic nitrogens is 1. The van der Waals surface area contributed by atoms with Crippen LogP contribution in [0, 0.1) is 5.41 Å². The Balaban J connectivity index is 2.47. The summed E-state index contributed by atoms with van der Waals surface area (Å²) in [6.45, 7) is 3.92. The number of nitrogens with zero attached hydrogens (tertiary/aromatic N) is 1. The van der Waals surface area contributed by atoms with Crippen LogP contribution in [0.15, 0.2) is 34.9 Å². The fraction of sp³-hybridized carbons (Fsp3) is 0.308. The Morgan fingerprint density at radius 2 is 2.06 bits per heavy atom. The molecular formula is C13H14BrNO2. The molecule has 0 atom stereocenters. The third-order valence-corrected chi connectivity index (χ3v) is 3.52. The van der Waals surface area contributed by atoms with Gasteiger partial charge in [-0.2, -0.15) is 0 Å². The lowest BCUT2D eigenvalue weighted by Crippen LogP contribution is -2.28. The molecule has 1 aromatic carbocycles. The van der Waals surface area contributed by atoms with Crippen molar-refractivity contribution >= 4 is 32.8 Å². The summed E-state index contributed by atoms with van der Waals surface area (Å²) in [5.41, 5.74) is 0.273. The van der Waals surface area contributed by atoms with Crippen LogP contribution in [0.5, 0.6) is 0 Å². The zero-order valence-corrected chi connectivity index (χ0v) is 11.4. The Labute approximate surface area is 108 Å². The first-order chi connectivity index (χ1) is 7.92. The molecule has 17 heavy (non-hydrogen) atoms. The molecular weight excluding hydrogens is 282 g/mol. The topological polar surface area (TPSA) is 42.2 Å². The Hall–Kier alpha value is -1.29. The van der Waals surface area contributed by atoms with Gasteiger partial charge in [0.1, 0.15) is 0 Å². The minimum atomic E-state index is -0.786. The molecule has 0 unspecified atom stereocenters. The van der Waals surface area contributed by atoms with Crippen LogP contribution < -0.4 is 0 Å². The minimum absolute atomic E-state index is 0.453. The molecule has 4 heteroatoms. The number of rotatable bonds is 3. The van der Waals surface area contributed by atoms with Gasteiger partial charge in [-0.3, -0.25) is 4.79 Å². The zero-order chi connectivity index (χ0) is 12.6. The predicted molar refractivity (Wildman–Crippen MR) is 71.1 cm³/mol. The summed E-state index contributed by atoms with van der Waals surface area (Å²) in [7, 11) is 0. The monoisotopic (exact) mass is 295 g/mol. The maximum Gasteiger partial charge on any atom is 0.310 e. The molecule has 0 aliphatic carbocycles. The van der Waals surface area contributed by atoms with Gasteiger partial charge in [-0.1, -0.05) is 18.2 Å². The first-order valence-corrected chi connectivity index (χ1v) is 6.18. The Kier molecular flexibility index (Phi) is 3.00. The van der Waals surface area contributed by atoms with Gasteiger partial charge in [0.05, 0.1) is 5.41 Å². The van der Waals surface area contributed by atoms with E-state index < -0.39 is 11.4 Å². The molecule has 0 aliphatic heterocycles. The van der Waals surface area contributed by atoms with Gasteiger partial charge >= 0.3 is 5.97 Å². The van der Waals surface area contributed by atoms with Crippen LogP contribution in [-0.4, -0.2) is 15.6 Å². The third kappa shape index (κ3) is 2.22. The lowest BCUT2D eigenvalue weighted by molar-refractivity contribution is -0.147.